The van der Waals surface area contributed by atoms with Gasteiger partial charge in [-0.25, -0.2) is 0 Å². The molecule has 0 bridgehead atoms. The highest BCUT2D eigenvalue weighted by Gasteiger charge is 2.16. The number of hydrogen-bond acceptors (Lipinski definition) is 2. The molecule has 0 aromatic heterocycles. The fourth-order valence-electron chi connectivity index (χ4n) is 2.92. The van der Waals surface area contributed by atoms with Gasteiger partial charge in [-0.1, -0.05) is 65.7 Å². The van der Waals surface area contributed by atoms with Crippen LogP contribution in [0, 0.1) is 13.8 Å². The Bertz CT molecular complexity index is 997. The van der Waals surface area contributed by atoms with Gasteiger partial charge in [0.1, 0.15) is 0 Å². The smallest absolute Gasteiger partial charge is 0.228 e. The average Bonchev–Trinajstić information content (AvgIpc) is 2.66. The number of carbonyl (C=O) groups is 2. The van der Waals surface area contributed by atoms with Crippen molar-refractivity contribution in [3.63, 3.8) is 0 Å². The summed E-state index contributed by atoms with van der Waals surface area (Å²) in [4.78, 5) is 25.4. The first kappa shape index (κ1) is 18.9. The van der Waals surface area contributed by atoms with Gasteiger partial charge in [-0.15, -0.1) is 0 Å². The summed E-state index contributed by atoms with van der Waals surface area (Å²) in [5.74, 6) is -0.353. The first-order valence-corrected chi connectivity index (χ1v) is 9.07. The molecule has 0 heterocycles. The van der Waals surface area contributed by atoms with Crippen LogP contribution in [0.15, 0.2) is 66.7 Å². The number of ketones is 1. The number of benzene rings is 3. The van der Waals surface area contributed by atoms with E-state index in [0.717, 1.165) is 16.7 Å². The van der Waals surface area contributed by atoms with E-state index in [4.69, 9.17) is 11.6 Å². The molecule has 0 spiro atoms. The van der Waals surface area contributed by atoms with E-state index in [0.29, 0.717) is 21.8 Å². The van der Waals surface area contributed by atoms with E-state index in [2.05, 4.69) is 5.32 Å². The Balaban J connectivity index is 1.85. The van der Waals surface area contributed by atoms with Crippen LogP contribution >= 0.6 is 11.6 Å². The van der Waals surface area contributed by atoms with Crippen molar-refractivity contribution in [2.75, 3.05) is 5.32 Å². The third-order valence-electron chi connectivity index (χ3n) is 4.39. The van der Waals surface area contributed by atoms with Crippen molar-refractivity contribution in [3.8, 4) is 0 Å². The number of anilines is 1. The monoisotopic (exact) mass is 377 g/mol. The molecule has 3 rings (SSSR count). The van der Waals surface area contributed by atoms with Crippen molar-refractivity contribution in [2.24, 2.45) is 0 Å². The predicted molar refractivity (Wildman–Crippen MR) is 110 cm³/mol. The average molecular weight is 378 g/mol. The molecule has 0 saturated heterocycles. The van der Waals surface area contributed by atoms with Crippen LogP contribution in [0.2, 0.25) is 5.02 Å². The molecule has 0 saturated carbocycles. The number of amides is 1. The molecule has 1 N–H and O–H groups in total. The highest BCUT2D eigenvalue weighted by atomic mass is 35.5. The van der Waals surface area contributed by atoms with Gasteiger partial charge < -0.3 is 5.32 Å². The number of nitrogens with one attached hydrogen (secondary N) is 1. The lowest BCUT2D eigenvalue weighted by Crippen LogP contribution is -2.17. The molecule has 1 amide bonds. The summed E-state index contributed by atoms with van der Waals surface area (Å²) in [6.45, 7) is 3.98. The number of carbonyl (C=O) groups excluding carboxylic acids is 2. The standard InChI is InChI=1S/C23H20ClNO2/c1-15-8-9-16(2)18(12-15)13-22(26)25-21-11-10-19(24)14-20(21)23(27)17-6-4-3-5-7-17/h3-12,14H,13H2,1-2H3,(H,25,26). The quantitative estimate of drug-likeness (QED) is 0.607. The first-order valence-electron chi connectivity index (χ1n) is 8.69. The van der Waals surface area contributed by atoms with Gasteiger partial charge in [-0.2, -0.15) is 0 Å². The topological polar surface area (TPSA) is 46.2 Å². The maximum Gasteiger partial charge on any atom is 0.228 e. The van der Waals surface area contributed by atoms with Crippen molar-refractivity contribution in [2.45, 2.75) is 20.3 Å². The second kappa shape index (κ2) is 8.19. The van der Waals surface area contributed by atoms with E-state index in [9.17, 15) is 9.59 Å². The zero-order valence-electron chi connectivity index (χ0n) is 15.3. The van der Waals surface area contributed by atoms with E-state index in [1.165, 1.54) is 0 Å². The minimum atomic E-state index is -0.180. The summed E-state index contributed by atoms with van der Waals surface area (Å²) < 4.78 is 0. The van der Waals surface area contributed by atoms with E-state index < -0.39 is 0 Å². The molecule has 3 nitrogen and oxygen atoms in total. The molecule has 3 aromatic carbocycles. The van der Waals surface area contributed by atoms with Gasteiger partial charge in [0.15, 0.2) is 5.78 Å². The van der Waals surface area contributed by atoms with Crippen molar-refractivity contribution in [3.05, 3.63) is 99.6 Å². The third-order valence-corrected chi connectivity index (χ3v) is 4.63. The summed E-state index contributed by atoms with van der Waals surface area (Å²) in [6.07, 6.45) is 0.245. The van der Waals surface area contributed by atoms with Gasteiger partial charge in [0.05, 0.1) is 12.1 Å². The lowest BCUT2D eigenvalue weighted by molar-refractivity contribution is -0.115. The Morgan fingerprint density at radius 2 is 1.67 bits per heavy atom. The molecule has 0 aliphatic carbocycles. The molecule has 0 aliphatic rings. The Kier molecular flexibility index (Phi) is 5.72. The molecule has 3 aromatic rings. The fraction of sp³-hybridized carbons (Fsp3) is 0.130. The molecule has 0 aliphatic heterocycles. The van der Waals surface area contributed by atoms with Crippen LogP contribution in [-0.4, -0.2) is 11.7 Å². The van der Waals surface area contributed by atoms with Crippen LogP contribution in [0.1, 0.15) is 32.6 Å². The van der Waals surface area contributed by atoms with Crippen LogP contribution in [0.25, 0.3) is 0 Å². The molecule has 0 fully saturated rings. The fourth-order valence-corrected chi connectivity index (χ4v) is 3.09. The summed E-state index contributed by atoms with van der Waals surface area (Å²) >= 11 is 6.09. The maximum absolute atomic E-state index is 12.8. The van der Waals surface area contributed by atoms with Crippen LogP contribution in [0.3, 0.4) is 0 Å². The third kappa shape index (κ3) is 4.63. The highest BCUT2D eigenvalue weighted by Crippen LogP contribution is 2.24. The summed E-state index contributed by atoms with van der Waals surface area (Å²) in [5.41, 5.74) is 4.52. The molecular formula is C23H20ClNO2. The molecule has 0 radical (unpaired) electrons. The second-order valence-electron chi connectivity index (χ2n) is 6.54. The summed E-state index contributed by atoms with van der Waals surface area (Å²) in [7, 11) is 0. The molecule has 27 heavy (non-hydrogen) atoms. The molecule has 136 valence electrons. The number of hydrogen-bond donors (Lipinski definition) is 1. The minimum Gasteiger partial charge on any atom is -0.325 e. The van der Waals surface area contributed by atoms with Gasteiger partial charge in [-0.3, -0.25) is 9.59 Å². The number of halogens is 1. The number of aryl methyl sites for hydroxylation is 2. The molecule has 0 unspecified atom stereocenters. The van der Waals surface area contributed by atoms with Crippen LogP contribution in [0.4, 0.5) is 5.69 Å². The highest BCUT2D eigenvalue weighted by molar-refractivity contribution is 6.31. The second-order valence-corrected chi connectivity index (χ2v) is 6.98. The van der Waals surface area contributed by atoms with Gasteiger partial charge in [0.2, 0.25) is 5.91 Å². The van der Waals surface area contributed by atoms with Gasteiger partial charge in [0, 0.05) is 16.1 Å². The number of rotatable bonds is 5. The molecule has 4 heteroatoms. The normalized spacial score (nSPS) is 10.5. The minimum absolute atomic E-state index is 0.173. The Hall–Kier alpha value is -2.91. The van der Waals surface area contributed by atoms with E-state index >= 15 is 0 Å². The lowest BCUT2D eigenvalue weighted by atomic mass is 10.0. The SMILES string of the molecule is Cc1ccc(C)c(CC(=O)Nc2ccc(Cl)cc2C(=O)c2ccccc2)c1. The van der Waals surface area contributed by atoms with Crippen LogP contribution in [-0.2, 0) is 11.2 Å². The molecular weight excluding hydrogens is 358 g/mol. The van der Waals surface area contributed by atoms with E-state index in [1.54, 1.807) is 42.5 Å². The summed E-state index contributed by atoms with van der Waals surface area (Å²) in [6, 6.07) is 19.9. The predicted octanol–water partition coefficient (Wildman–Crippen LogP) is 5.37. The van der Waals surface area contributed by atoms with Crippen molar-refractivity contribution >= 4 is 29.0 Å². The van der Waals surface area contributed by atoms with Crippen LogP contribution in [0.5, 0.6) is 0 Å². The van der Waals surface area contributed by atoms with Gasteiger partial charge >= 0.3 is 0 Å². The van der Waals surface area contributed by atoms with E-state index in [1.807, 2.05) is 38.1 Å². The van der Waals surface area contributed by atoms with Crippen molar-refractivity contribution in [1.29, 1.82) is 0 Å². The Morgan fingerprint density at radius 3 is 2.41 bits per heavy atom. The molecule has 0 atom stereocenters. The summed E-state index contributed by atoms with van der Waals surface area (Å²) in [5, 5.41) is 3.31. The van der Waals surface area contributed by atoms with Gasteiger partial charge in [-0.05, 0) is 43.2 Å². The zero-order valence-corrected chi connectivity index (χ0v) is 16.0. The van der Waals surface area contributed by atoms with Crippen molar-refractivity contribution in [1.82, 2.24) is 0 Å². The van der Waals surface area contributed by atoms with E-state index in [-0.39, 0.29) is 18.1 Å². The Morgan fingerprint density at radius 1 is 0.926 bits per heavy atom. The Labute approximate surface area is 164 Å². The largest absolute Gasteiger partial charge is 0.325 e. The lowest BCUT2D eigenvalue weighted by Gasteiger charge is -2.12. The zero-order chi connectivity index (χ0) is 19.4. The van der Waals surface area contributed by atoms with Crippen molar-refractivity contribution < 1.29 is 9.59 Å². The first-order chi connectivity index (χ1) is 12.9. The maximum atomic E-state index is 12.8. The van der Waals surface area contributed by atoms with Crippen LogP contribution < -0.4 is 5.32 Å². The van der Waals surface area contributed by atoms with Gasteiger partial charge in [0.25, 0.3) is 0 Å².